The first-order valence-corrected chi connectivity index (χ1v) is 9.30. The summed E-state index contributed by atoms with van der Waals surface area (Å²) in [7, 11) is 0. The van der Waals surface area contributed by atoms with Crippen molar-refractivity contribution in [3.63, 3.8) is 0 Å². The Bertz CT molecular complexity index is 798. The minimum atomic E-state index is -1.77. The van der Waals surface area contributed by atoms with Gasteiger partial charge in [0.05, 0.1) is 6.04 Å². The highest BCUT2D eigenvalue weighted by Gasteiger charge is 2.29. The summed E-state index contributed by atoms with van der Waals surface area (Å²) in [5.74, 6) is -0.762. The number of aliphatic hydroxyl groups excluding tert-OH is 1. The summed E-state index contributed by atoms with van der Waals surface area (Å²) in [5.41, 5.74) is 1.04. The Kier molecular flexibility index (Phi) is 7.61. The van der Waals surface area contributed by atoms with Gasteiger partial charge in [0.1, 0.15) is 18.0 Å². The highest BCUT2D eigenvalue weighted by atomic mass is 16.6. The van der Waals surface area contributed by atoms with Gasteiger partial charge >= 0.3 is 12.1 Å². The van der Waals surface area contributed by atoms with E-state index < -0.39 is 29.8 Å². The van der Waals surface area contributed by atoms with Crippen molar-refractivity contribution in [2.24, 2.45) is 0 Å². The van der Waals surface area contributed by atoms with Crippen LogP contribution in [0.3, 0.4) is 0 Å². The first-order valence-electron chi connectivity index (χ1n) is 9.30. The molecule has 29 heavy (non-hydrogen) atoms. The molecule has 2 aromatic carbocycles. The zero-order valence-electron chi connectivity index (χ0n) is 16.8. The topological polar surface area (TPSA) is 105 Å². The van der Waals surface area contributed by atoms with E-state index in [0.29, 0.717) is 12.4 Å². The van der Waals surface area contributed by atoms with Gasteiger partial charge in [-0.3, -0.25) is 0 Å². The Morgan fingerprint density at radius 1 is 1.00 bits per heavy atom. The van der Waals surface area contributed by atoms with Crippen molar-refractivity contribution in [3.05, 3.63) is 65.7 Å². The molecule has 0 bridgehead atoms. The van der Waals surface area contributed by atoms with Gasteiger partial charge in [0.25, 0.3) is 0 Å². The van der Waals surface area contributed by atoms with Crippen LogP contribution < -0.4 is 10.1 Å². The van der Waals surface area contributed by atoms with Crippen LogP contribution in [0, 0.1) is 0 Å². The molecule has 0 saturated carbocycles. The van der Waals surface area contributed by atoms with E-state index in [1.54, 1.807) is 45.0 Å². The molecule has 0 heterocycles. The number of hydrogen-bond acceptors (Lipinski definition) is 5. The zero-order valence-corrected chi connectivity index (χ0v) is 16.8. The van der Waals surface area contributed by atoms with Crippen molar-refractivity contribution in [3.8, 4) is 5.75 Å². The molecule has 0 fully saturated rings. The molecular weight excluding hydrogens is 374 g/mol. The van der Waals surface area contributed by atoms with E-state index in [2.05, 4.69) is 5.32 Å². The lowest BCUT2D eigenvalue weighted by atomic mass is 10.0. The quantitative estimate of drug-likeness (QED) is 0.628. The maximum Gasteiger partial charge on any atom is 0.407 e. The molecule has 0 radical (unpaired) electrons. The van der Waals surface area contributed by atoms with Crippen LogP contribution in [0.5, 0.6) is 5.75 Å². The van der Waals surface area contributed by atoms with E-state index in [9.17, 15) is 14.7 Å². The summed E-state index contributed by atoms with van der Waals surface area (Å²) in [6.45, 7) is 5.52. The van der Waals surface area contributed by atoms with Crippen molar-refractivity contribution < 1.29 is 29.3 Å². The Balaban J connectivity index is 2.00. The van der Waals surface area contributed by atoms with Gasteiger partial charge < -0.3 is 25.0 Å². The van der Waals surface area contributed by atoms with E-state index >= 15 is 0 Å². The smallest absolute Gasteiger partial charge is 0.407 e. The molecule has 3 N–H and O–H groups in total. The normalized spacial score (nSPS) is 13.2. The van der Waals surface area contributed by atoms with Gasteiger partial charge in [-0.1, -0.05) is 42.5 Å². The number of rotatable bonds is 8. The molecule has 1 unspecified atom stereocenters. The number of hydrogen-bond donors (Lipinski definition) is 3. The summed E-state index contributed by atoms with van der Waals surface area (Å²) >= 11 is 0. The molecule has 0 aromatic heterocycles. The van der Waals surface area contributed by atoms with Gasteiger partial charge in [-0.05, 0) is 50.5 Å². The van der Waals surface area contributed by atoms with Gasteiger partial charge in [-0.2, -0.15) is 0 Å². The molecule has 2 aromatic rings. The van der Waals surface area contributed by atoms with Gasteiger partial charge in [-0.15, -0.1) is 0 Å². The first-order chi connectivity index (χ1) is 13.6. The summed E-state index contributed by atoms with van der Waals surface area (Å²) in [6.07, 6.45) is -2.44. The van der Waals surface area contributed by atoms with Crippen LogP contribution in [0.15, 0.2) is 54.6 Å². The first kappa shape index (κ1) is 22.2. The fourth-order valence-corrected chi connectivity index (χ4v) is 2.59. The highest BCUT2D eigenvalue weighted by molar-refractivity contribution is 5.75. The minimum absolute atomic E-state index is 0.117. The standard InChI is InChI=1S/C22H27NO6/c1-22(2,3)29-21(27)23-18(19(24)20(25)26)13-15-9-11-17(12-10-15)28-14-16-7-5-4-6-8-16/h4-12,18-19,24H,13-14H2,1-3H3,(H,23,27)(H,25,26)/t18-,19?/m0/s1. The second-order valence-corrected chi connectivity index (χ2v) is 7.66. The van der Waals surface area contributed by atoms with Crippen molar-refractivity contribution in [1.29, 1.82) is 0 Å². The monoisotopic (exact) mass is 401 g/mol. The van der Waals surface area contributed by atoms with Gasteiger partial charge in [0, 0.05) is 0 Å². The Hall–Kier alpha value is -3.06. The fourth-order valence-electron chi connectivity index (χ4n) is 2.59. The second-order valence-electron chi connectivity index (χ2n) is 7.66. The van der Waals surface area contributed by atoms with E-state index in [4.69, 9.17) is 14.6 Å². The molecular formula is C22H27NO6. The van der Waals surface area contributed by atoms with Crippen LogP contribution >= 0.6 is 0 Å². The van der Waals surface area contributed by atoms with Crippen LogP contribution in [-0.4, -0.2) is 40.0 Å². The summed E-state index contributed by atoms with van der Waals surface area (Å²) in [6, 6.07) is 15.7. The third kappa shape index (κ3) is 7.83. The molecule has 7 nitrogen and oxygen atoms in total. The SMILES string of the molecule is CC(C)(C)OC(=O)N[C@@H](Cc1ccc(OCc2ccccc2)cc1)C(O)C(=O)O. The minimum Gasteiger partial charge on any atom is -0.489 e. The number of carbonyl (C=O) groups is 2. The van der Waals surface area contributed by atoms with Crippen LogP contribution in [0.4, 0.5) is 4.79 Å². The van der Waals surface area contributed by atoms with Crippen molar-refractivity contribution in [2.45, 2.75) is 51.5 Å². The van der Waals surface area contributed by atoms with E-state index in [0.717, 1.165) is 11.1 Å². The van der Waals surface area contributed by atoms with Crippen LogP contribution in [0.1, 0.15) is 31.9 Å². The number of benzene rings is 2. The highest BCUT2D eigenvalue weighted by Crippen LogP contribution is 2.16. The summed E-state index contributed by atoms with van der Waals surface area (Å²) in [5, 5.41) is 21.5. The number of aliphatic hydroxyl groups is 1. The average molecular weight is 401 g/mol. The third-order valence-electron chi connectivity index (χ3n) is 3.96. The molecule has 1 amide bonds. The molecule has 2 atom stereocenters. The molecule has 0 aliphatic carbocycles. The molecule has 2 rings (SSSR count). The number of nitrogens with one attached hydrogen (secondary N) is 1. The van der Waals surface area contributed by atoms with E-state index in [1.165, 1.54) is 0 Å². The largest absolute Gasteiger partial charge is 0.489 e. The Labute approximate surface area is 170 Å². The van der Waals surface area contributed by atoms with E-state index in [-0.39, 0.29) is 6.42 Å². The lowest BCUT2D eigenvalue weighted by Crippen LogP contribution is -2.49. The predicted molar refractivity (Wildman–Crippen MR) is 108 cm³/mol. The second kappa shape index (κ2) is 9.93. The Morgan fingerprint density at radius 3 is 2.17 bits per heavy atom. The third-order valence-corrected chi connectivity index (χ3v) is 3.96. The Morgan fingerprint density at radius 2 is 1.62 bits per heavy atom. The lowest BCUT2D eigenvalue weighted by molar-refractivity contribution is -0.148. The average Bonchev–Trinajstić information content (AvgIpc) is 2.65. The van der Waals surface area contributed by atoms with Crippen molar-refractivity contribution in [2.75, 3.05) is 0 Å². The predicted octanol–water partition coefficient (Wildman–Crippen LogP) is 3.15. The number of alkyl carbamates (subject to hydrolysis) is 1. The maximum atomic E-state index is 12.0. The summed E-state index contributed by atoms with van der Waals surface area (Å²) < 4.78 is 10.9. The fraction of sp³-hybridized carbons (Fsp3) is 0.364. The number of carbonyl (C=O) groups excluding carboxylic acids is 1. The number of carboxylic acid groups (broad SMARTS) is 1. The molecule has 156 valence electrons. The lowest BCUT2D eigenvalue weighted by Gasteiger charge is -2.25. The van der Waals surface area contributed by atoms with Crippen LogP contribution in [-0.2, 0) is 22.6 Å². The van der Waals surface area contributed by atoms with Crippen LogP contribution in [0.2, 0.25) is 0 Å². The molecule has 7 heteroatoms. The number of carboxylic acids is 1. The van der Waals surface area contributed by atoms with E-state index in [1.807, 2.05) is 30.3 Å². The zero-order chi connectivity index (χ0) is 21.4. The van der Waals surface area contributed by atoms with Crippen molar-refractivity contribution >= 4 is 12.1 Å². The van der Waals surface area contributed by atoms with Crippen LogP contribution in [0.25, 0.3) is 0 Å². The molecule has 0 saturated heterocycles. The summed E-state index contributed by atoms with van der Waals surface area (Å²) in [4.78, 5) is 23.2. The molecule has 0 spiro atoms. The van der Waals surface area contributed by atoms with Gasteiger partial charge in [0.2, 0.25) is 0 Å². The van der Waals surface area contributed by atoms with Gasteiger partial charge in [-0.25, -0.2) is 9.59 Å². The molecule has 0 aliphatic heterocycles. The number of ether oxygens (including phenoxy) is 2. The van der Waals surface area contributed by atoms with Crippen molar-refractivity contribution in [1.82, 2.24) is 5.32 Å². The maximum absolute atomic E-state index is 12.0. The van der Waals surface area contributed by atoms with Gasteiger partial charge in [0.15, 0.2) is 6.10 Å². The molecule has 0 aliphatic rings. The number of aliphatic carboxylic acids is 1. The number of amides is 1.